The zero-order valence-corrected chi connectivity index (χ0v) is 15.3. The van der Waals surface area contributed by atoms with E-state index in [0.29, 0.717) is 38.2 Å². The third-order valence-corrected chi connectivity index (χ3v) is 4.41. The van der Waals surface area contributed by atoms with Crippen molar-refractivity contribution in [2.24, 2.45) is 0 Å². The number of nitrogens with one attached hydrogen (secondary N) is 1. The molecule has 1 aliphatic heterocycles. The van der Waals surface area contributed by atoms with E-state index in [2.05, 4.69) is 4.98 Å². The van der Waals surface area contributed by atoms with Crippen molar-refractivity contribution in [3.05, 3.63) is 53.9 Å². The number of rotatable bonds is 5. The Kier molecular flexibility index (Phi) is 5.61. The van der Waals surface area contributed by atoms with Crippen molar-refractivity contribution < 1.29 is 14.3 Å². The summed E-state index contributed by atoms with van der Waals surface area (Å²) < 4.78 is 5.61. The Morgan fingerprint density at radius 3 is 2.27 bits per heavy atom. The summed E-state index contributed by atoms with van der Waals surface area (Å²) in [6.45, 7) is 6.20. The zero-order valence-electron chi connectivity index (χ0n) is 15.3. The van der Waals surface area contributed by atoms with Gasteiger partial charge in [-0.1, -0.05) is 0 Å². The Hall–Kier alpha value is -2.76. The molecule has 138 valence electrons. The Morgan fingerprint density at radius 2 is 1.69 bits per heavy atom. The quantitative estimate of drug-likeness (QED) is 0.895. The molecule has 0 spiro atoms. The second-order valence-corrected chi connectivity index (χ2v) is 6.76. The number of piperazine rings is 1. The second-order valence-electron chi connectivity index (χ2n) is 6.76. The fourth-order valence-electron chi connectivity index (χ4n) is 3.04. The van der Waals surface area contributed by atoms with Gasteiger partial charge in [0.1, 0.15) is 5.75 Å². The number of hydrogen-bond donors (Lipinski definition) is 1. The normalized spacial score (nSPS) is 14.6. The molecule has 0 saturated carbocycles. The highest BCUT2D eigenvalue weighted by atomic mass is 16.5. The Morgan fingerprint density at radius 1 is 1.04 bits per heavy atom. The van der Waals surface area contributed by atoms with Crippen LogP contribution in [0.1, 0.15) is 29.8 Å². The number of nitrogens with zero attached hydrogens (tertiary/aromatic N) is 2. The molecule has 2 aromatic rings. The molecule has 1 aromatic heterocycles. The molecule has 0 bridgehead atoms. The van der Waals surface area contributed by atoms with Crippen molar-refractivity contribution in [3.8, 4) is 5.75 Å². The van der Waals surface area contributed by atoms with Crippen molar-refractivity contribution >= 4 is 11.8 Å². The fourth-order valence-corrected chi connectivity index (χ4v) is 3.04. The molecule has 1 aliphatic rings. The minimum Gasteiger partial charge on any atom is -0.491 e. The molecule has 26 heavy (non-hydrogen) atoms. The van der Waals surface area contributed by atoms with E-state index < -0.39 is 0 Å². The minimum atomic E-state index is -0.00108. The second kappa shape index (κ2) is 8.08. The number of amides is 2. The smallest absolute Gasteiger partial charge is 0.253 e. The average Bonchev–Trinajstić information content (AvgIpc) is 3.14. The van der Waals surface area contributed by atoms with E-state index in [0.717, 1.165) is 11.3 Å². The van der Waals surface area contributed by atoms with Crippen LogP contribution in [-0.4, -0.2) is 58.9 Å². The summed E-state index contributed by atoms with van der Waals surface area (Å²) in [6, 6.07) is 9.14. The molecular formula is C20H25N3O3. The van der Waals surface area contributed by atoms with E-state index in [9.17, 15) is 9.59 Å². The largest absolute Gasteiger partial charge is 0.491 e. The van der Waals surface area contributed by atoms with Gasteiger partial charge in [0.05, 0.1) is 12.5 Å². The van der Waals surface area contributed by atoms with Crippen LogP contribution >= 0.6 is 0 Å². The molecule has 2 amide bonds. The molecule has 0 aliphatic carbocycles. The minimum absolute atomic E-state index is 0.00108. The van der Waals surface area contributed by atoms with Crippen LogP contribution in [0.15, 0.2) is 42.7 Å². The first-order valence-electron chi connectivity index (χ1n) is 8.98. The van der Waals surface area contributed by atoms with Crippen LogP contribution in [0.4, 0.5) is 0 Å². The van der Waals surface area contributed by atoms with E-state index in [1.165, 1.54) is 0 Å². The predicted octanol–water partition coefficient (Wildman–Crippen LogP) is 2.33. The number of benzene rings is 1. The standard InChI is InChI=1S/C20H25N3O3/c1-15(2)26-18-5-3-17(4-6-18)20(25)23-11-9-22(10-12-23)19(24)13-16-7-8-21-14-16/h3-8,14-15,21H,9-13H2,1-2H3. The van der Waals surface area contributed by atoms with E-state index in [4.69, 9.17) is 4.74 Å². The van der Waals surface area contributed by atoms with Crippen LogP contribution in [-0.2, 0) is 11.2 Å². The van der Waals surface area contributed by atoms with Gasteiger partial charge in [-0.3, -0.25) is 9.59 Å². The van der Waals surface area contributed by atoms with Gasteiger partial charge in [0.25, 0.3) is 5.91 Å². The fraction of sp³-hybridized carbons (Fsp3) is 0.400. The number of carbonyl (C=O) groups is 2. The summed E-state index contributed by atoms with van der Waals surface area (Å²) >= 11 is 0. The van der Waals surface area contributed by atoms with Gasteiger partial charge < -0.3 is 19.5 Å². The first-order chi connectivity index (χ1) is 12.5. The van der Waals surface area contributed by atoms with Gasteiger partial charge >= 0.3 is 0 Å². The average molecular weight is 355 g/mol. The van der Waals surface area contributed by atoms with Crippen molar-refractivity contribution in [3.63, 3.8) is 0 Å². The van der Waals surface area contributed by atoms with Crippen LogP contribution in [0.5, 0.6) is 5.75 Å². The Labute approximate surface area is 153 Å². The third kappa shape index (κ3) is 4.45. The van der Waals surface area contributed by atoms with Gasteiger partial charge in [-0.05, 0) is 49.7 Å². The summed E-state index contributed by atoms with van der Waals surface area (Å²) in [4.78, 5) is 31.6. The molecule has 1 saturated heterocycles. The van der Waals surface area contributed by atoms with Crippen LogP contribution in [0, 0.1) is 0 Å². The number of hydrogen-bond acceptors (Lipinski definition) is 3. The molecule has 0 radical (unpaired) electrons. The molecule has 3 rings (SSSR count). The summed E-state index contributed by atoms with van der Waals surface area (Å²) in [6.07, 6.45) is 4.16. The zero-order chi connectivity index (χ0) is 18.5. The molecule has 0 unspecified atom stereocenters. The highest BCUT2D eigenvalue weighted by molar-refractivity contribution is 5.94. The molecule has 1 fully saturated rings. The highest BCUT2D eigenvalue weighted by Crippen LogP contribution is 2.16. The highest BCUT2D eigenvalue weighted by Gasteiger charge is 2.24. The SMILES string of the molecule is CC(C)Oc1ccc(C(=O)N2CCN(C(=O)Cc3cc[nH]c3)CC2)cc1. The molecule has 1 N–H and O–H groups in total. The van der Waals surface area contributed by atoms with E-state index in [1.807, 2.05) is 49.3 Å². The van der Waals surface area contributed by atoms with Crippen molar-refractivity contribution in [1.82, 2.24) is 14.8 Å². The summed E-state index contributed by atoms with van der Waals surface area (Å²) in [5.74, 6) is 0.863. The lowest BCUT2D eigenvalue weighted by molar-refractivity contribution is -0.131. The van der Waals surface area contributed by atoms with E-state index in [-0.39, 0.29) is 17.9 Å². The topological polar surface area (TPSA) is 65.6 Å². The summed E-state index contributed by atoms with van der Waals surface area (Å²) in [7, 11) is 0. The first-order valence-corrected chi connectivity index (χ1v) is 8.98. The third-order valence-electron chi connectivity index (χ3n) is 4.41. The maximum atomic E-state index is 12.6. The molecule has 0 atom stereocenters. The Bertz CT molecular complexity index is 730. The lowest BCUT2D eigenvalue weighted by atomic mass is 10.1. The molecule has 1 aromatic carbocycles. The van der Waals surface area contributed by atoms with Crippen molar-refractivity contribution in [2.75, 3.05) is 26.2 Å². The lowest BCUT2D eigenvalue weighted by Crippen LogP contribution is -2.51. The summed E-state index contributed by atoms with van der Waals surface area (Å²) in [5.41, 5.74) is 1.63. The van der Waals surface area contributed by atoms with Gasteiger partial charge in [0, 0.05) is 44.1 Å². The van der Waals surface area contributed by atoms with Gasteiger partial charge in [0.2, 0.25) is 5.91 Å². The Balaban J connectivity index is 1.52. The molecule has 6 nitrogen and oxygen atoms in total. The van der Waals surface area contributed by atoms with Gasteiger partial charge in [-0.2, -0.15) is 0 Å². The molecule has 2 heterocycles. The maximum Gasteiger partial charge on any atom is 0.253 e. The van der Waals surface area contributed by atoms with Gasteiger partial charge in [-0.25, -0.2) is 0 Å². The van der Waals surface area contributed by atoms with Crippen LogP contribution < -0.4 is 4.74 Å². The lowest BCUT2D eigenvalue weighted by Gasteiger charge is -2.35. The number of carbonyl (C=O) groups excluding carboxylic acids is 2. The van der Waals surface area contributed by atoms with Crippen LogP contribution in [0.3, 0.4) is 0 Å². The summed E-state index contributed by atoms with van der Waals surface area (Å²) in [5, 5.41) is 0. The van der Waals surface area contributed by atoms with E-state index in [1.54, 1.807) is 17.0 Å². The maximum absolute atomic E-state index is 12.6. The number of H-pyrrole nitrogens is 1. The van der Waals surface area contributed by atoms with Crippen molar-refractivity contribution in [1.29, 1.82) is 0 Å². The monoisotopic (exact) mass is 355 g/mol. The number of ether oxygens (including phenoxy) is 1. The van der Waals surface area contributed by atoms with Crippen molar-refractivity contribution in [2.45, 2.75) is 26.4 Å². The number of aromatic nitrogens is 1. The first kappa shape index (κ1) is 18.0. The van der Waals surface area contributed by atoms with Crippen LogP contribution in [0.2, 0.25) is 0 Å². The van der Waals surface area contributed by atoms with E-state index >= 15 is 0 Å². The van der Waals surface area contributed by atoms with Gasteiger partial charge in [-0.15, -0.1) is 0 Å². The molecular weight excluding hydrogens is 330 g/mol. The predicted molar refractivity (Wildman–Crippen MR) is 99.2 cm³/mol. The van der Waals surface area contributed by atoms with Crippen LogP contribution in [0.25, 0.3) is 0 Å². The number of aromatic amines is 1. The molecule has 6 heteroatoms. The van der Waals surface area contributed by atoms with Gasteiger partial charge in [0.15, 0.2) is 0 Å².